The van der Waals surface area contributed by atoms with Crippen LogP contribution in [0.5, 0.6) is 0 Å². The summed E-state index contributed by atoms with van der Waals surface area (Å²) in [6.07, 6.45) is -0.534. The quantitative estimate of drug-likeness (QED) is 0.416. The Morgan fingerprint density at radius 3 is 2.15 bits per heavy atom. The van der Waals surface area contributed by atoms with Gasteiger partial charge in [-0.3, -0.25) is 9.59 Å². The molecule has 0 aromatic heterocycles. The normalized spacial score (nSPS) is 9.85. The van der Waals surface area contributed by atoms with Gasteiger partial charge in [0.15, 0.2) is 6.29 Å². The number of rotatable bonds is 4. The second-order valence-electron chi connectivity index (χ2n) is 2.19. The topological polar surface area (TPSA) is 76.7 Å². The highest BCUT2D eigenvalue weighted by Crippen LogP contribution is 1.86. The maximum atomic E-state index is 10.9. The van der Waals surface area contributed by atoms with E-state index >= 15 is 0 Å². The van der Waals surface area contributed by atoms with E-state index in [2.05, 4.69) is 10.6 Å². The molecular weight excluding hydrogens is 176 g/mol. The van der Waals surface area contributed by atoms with Crippen molar-refractivity contribution in [3.63, 3.8) is 0 Å². The van der Waals surface area contributed by atoms with E-state index in [1.807, 2.05) is 0 Å². The average Bonchev–Trinajstić information content (AvgIpc) is 2.17. The first kappa shape index (κ1) is 11.9. The molecule has 0 heterocycles. The molecule has 0 saturated carbocycles. The summed E-state index contributed by atoms with van der Waals surface area (Å²) >= 11 is 0. The van der Waals surface area contributed by atoms with Crippen LogP contribution in [0.4, 0.5) is 0 Å². The van der Waals surface area contributed by atoms with Crippen LogP contribution >= 0.6 is 0 Å². The molecule has 0 spiro atoms. The zero-order valence-electron chi connectivity index (χ0n) is 7.92. The van der Waals surface area contributed by atoms with E-state index in [1.165, 1.54) is 21.3 Å². The number of carbonyl (C=O) groups excluding carboxylic acids is 2. The zero-order chi connectivity index (χ0) is 10.3. The Morgan fingerprint density at radius 1 is 1.23 bits per heavy atom. The van der Waals surface area contributed by atoms with Crippen molar-refractivity contribution < 1.29 is 19.1 Å². The molecule has 0 rings (SSSR count). The van der Waals surface area contributed by atoms with Crippen LogP contribution in [-0.4, -0.2) is 45.9 Å². The second-order valence-corrected chi connectivity index (χ2v) is 2.19. The van der Waals surface area contributed by atoms with E-state index in [1.54, 1.807) is 0 Å². The van der Waals surface area contributed by atoms with Crippen LogP contribution < -0.4 is 10.6 Å². The fraction of sp³-hybridized carbons (Fsp3) is 0.714. The van der Waals surface area contributed by atoms with Crippen molar-refractivity contribution >= 4 is 11.8 Å². The average molecular weight is 190 g/mol. The highest BCUT2D eigenvalue weighted by atomic mass is 16.7. The SMILES string of the molecule is CNC(=O)C(=O)NCC(OC)OC. The molecule has 13 heavy (non-hydrogen) atoms. The van der Waals surface area contributed by atoms with Crippen molar-refractivity contribution in [1.82, 2.24) is 10.6 Å². The fourth-order valence-electron chi connectivity index (χ4n) is 0.633. The number of hydrogen-bond acceptors (Lipinski definition) is 4. The molecule has 0 bridgehead atoms. The van der Waals surface area contributed by atoms with E-state index in [-0.39, 0.29) is 6.54 Å². The molecule has 0 radical (unpaired) electrons. The van der Waals surface area contributed by atoms with Gasteiger partial charge in [0.1, 0.15) is 0 Å². The van der Waals surface area contributed by atoms with Crippen molar-refractivity contribution in [2.24, 2.45) is 0 Å². The van der Waals surface area contributed by atoms with Crippen LogP contribution in [0.25, 0.3) is 0 Å². The van der Waals surface area contributed by atoms with Crippen LogP contribution in [0, 0.1) is 0 Å². The minimum Gasteiger partial charge on any atom is -0.354 e. The summed E-state index contributed by atoms with van der Waals surface area (Å²) < 4.78 is 9.59. The Hall–Kier alpha value is -1.14. The van der Waals surface area contributed by atoms with Crippen LogP contribution in [0.15, 0.2) is 0 Å². The fourth-order valence-corrected chi connectivity index (χ4v) is 0.633. The Bertz CT molecular complexity index is 179. The van der Waals surface area contributed by atoms with Crippen molar-refractivity contribution in [3.8, 4) is 0 Å². The lowest BCUT2D eigenvalue weighted by molar-refractivity contribution is -0.141. The van der Waals surface area contributed by atoms with E-state index in [9.17, 15) is 9.59 Å². The van der Waals surface area contributed by atoms with Crippen LogP contribution in [0.3, 0.4) is 0 Å². The molecule has 0 atom stereocenters. The van der Waals surface area contributed by atoms with Crippen LogP contribution in [0.2, 0.25) is 0 Å². The molecule has 0 saturated heterocycles. The minimum atomic E-state index is -0.707. The summed E-state index contributed by atoms with van der Waals surface area (Å²) in [5.41, 5.74) is 0. The van der Waals surface area contributed by atoms with Gasteiger partial charge < -0.3 is 20.1 Å². The van der Waals surface area contributed by atoms with Gasteiger partial charge in [0.25, 0.3) is 0 Å². The van der Waals surface area contributed by atoms with Gasteiger partial charge in [-0.15, -0.1) is 0 Å². The Labute approximate surface area is 76.6 Å². The molecular formula is C7H14N2O4. The van der Waals surface area contributed by atoms with Gasteiger partial charge in [0.05, 0.1) is 6.54 Å². The standard InChI is InChI=1S/C7H14N2O4/c1-8-6(10)7(11)9-4-5(12-2)13-3/h5H,4H2,1-3H3,(H,8,10)(H,9,11). The number of hydrogen-bond donors (Lipinski definition) is 2. The summed E-state index contributed by atoms with van der Waals surface area (Å²) in [5.74, 6) is -1.40. The molecule has 0 fully saturated rings. The molecule has 76 valence electrons. The first-order valence-corrected chi connectivity index (χ1v) is 3.71. The van der Waals surface area contributed by atoms with Gasteiger partial charge >= 0.3 is 11.8 Å². The summed E-state index contributed by atoms with van der Waals surface area (Å²) in [7, 11) is 4.27. The maximum Gasteiger partial charge on any atom is 0.309 e. The maximum absolute atomic E-state index is 10.9. The zero-order valence-corrected chi connectivity index (χ0v) is 7.92. The molecule has 0 unspecified atom stereocenters. The Balaban J connectivity index is 3.74. The monoisotopic (exact) mass is 190 g/mol. The van der Waals surface area contributed by atoms with E-state index in [4.69, 9.17) is 9.47 Å². The third-order valence-electron chi connectivity index (χ3n) is 1.39. The predicted molar refractivity (Wildman–Crippen MR) is 44.9 cm³/mol. The van der Waals surface area contributed by atoms with E-state index in [0.29, 0.717) is 0 Å². The van der Waals surface area contributed by atoms with E-state index < -0.39 is 18.1 Å². The van der Waals surface area contributed by atoms with Gasteiger partial charge in [-0.25, -0.2) is 0 Å². The molecule has 0 aromatic rings. The first-order valence-electron chi connectivity index (χ1n) is 3.71. The number of nitrogens with one attached hydrogen (secondary N) is 2. The highest BCUT2D eigenvalue weighted by molar-refractivity contribution is 6.34. The number of ether oxygens (including phenoxy) is 2. The van der Waals surface area contributed by atoms with Crippen molar-refractivity contribution in [1.29, 1.82) is 0 Å². The lowest BCUT2D eigenvalue weighted by Gasteiger charge is -2.13. The highest BCUT2D eigenvalue weighted by Gasteiger charge is 2.13. The molecule has 0 aromatic carbocycles. The number of carbonyl (C=O) groups is 2. The lowest BCUT2D eigenvalue weighted by atomic mass is 10.5. The summed E-state index contributed by atoms with van der Waals surface area (Å²) in [6, 6.07) is 0. The van der Waals surface area contributed by atoms with Crippen molar-refractivity contribution in [3.05, 3.63) is 0 Å². The molecule has 6 nitrogen and oxygen atoms in total. The molecule has 0 aliphatic carbocycles. The Kier molecular flexibility index (Phi) is 5.82. The van der Waals surface area contributed by atoms with Crippen LogP contribution in [-0.2, 0) is 19.1 Å². The van der Waals surface area contributed by atoms with Gasteiger partial charge in [0.2, 0.25) is 0 Å². The van der Waals surface area contributed by atoms with Crippen molar-refractivity contribution in [2.75, 3.05) is 27.8 Å². The van der Waals surface area contributed by atoms with Gasteiger partial charge in [-0.05, 0) is 0 Å². The molecule has 2 amide bonds. The molecule has 2 N–H and O–H groups in total. The van der Waals surface area contributed by atoms with Gasteiger partial charge in [0, 0.05) is 21.3 Å². The van der Waals surface area contributed by atoms with Crippen LogP contribution in [0.1, 0.15) is 0 Å². The summed E-state index contributed by atoms with van der Waals surface area (Å²) in [5, 5.41) is 4.53. The molecule has 6 heteroatoms. The molecule has 0 aliphatic heterocycles. The third-order valence-corrected chi connectivity index (χ3v) is 1.39. The smallest absolute Gasteiger partial charge is 0.309 e. The lowest BCUT2D eigenvalue weighted by Crippen LogP contribution is -2.42. The minimum absolute atomic E-state index is 0.138. The number of likely N-dealkylation sites (N-methyl/N-ethyl adjacent to an activating group) is 1. The van der Waals surface area contributed by atoms with Gasteiger partial charge in [-0.2, -0.15) is 0 Å². The summed E-state index contributed by atoms with van der Waals surface area (Å²) in [4.78, 5) is 21.6. The largest absolute Gasteiger partial charge is 0.354 e. The Morgan fingerprint density at radius 2 is 1.77 bits per heavy atom. The number of methoxy groups -OCH3 is 2. The van der Waals surface area contributed by atoms with E-state index in [0.717, 1.165) is 0 Å². The number of amides is 2. The third kappa shape index (κ3) is 4.44. The second kappa shape index (κ2) is 6.38. The summed E-state index contributed by atoms with van der Waals surface area (Å²) in [6.45, 7) is 0.138. The molecule has 0 aliphatic rings. The van der Waals surface area contributed by atoms with Crippen molar-refractivity contribution in [2.45, 2.75) is 6.29 Å². The first-order chi connectivity index (χ1) is 6.15. The predicted octanol–water partition coefficient (Wildman–Crippen LogP) is -1.53. The van der Waals surface area contributed by atoms with Gasteiger partial charge in [-0.1, -0.05) is 0 Å².